The van der Waals surface area contributed by atoms with Crippen LogP contribution in [0.3, 0.4) is 0 Å². The number of hydrogen-bond donors (Lipinski definition) is 0. The fourth-order valence-electron chi connectivity index (χ4n) is 4.33. The average molecular weight is 501 g/mol. The number of pyridine rings is 2. The molecule has 3 heterocycles. The molecule has 4 nitrogen and oxygen atoms in total. The van der Waals surface area contributed by atoms with Crippen molar-refractivity contribution in [3.63, 3.8) is 0 Å². The van der Waals surface area contributed by atoms with Crippen molar-refractivity contribution in [1.82, 2.24) is 9.97 Å². The molecular formula is C30H23F3N2O2. The van der Waals surface area contributed by atoms with Crippen LogP contribution in [0.15, 0.2) is 79.1 Å². The zero-order chi connectivity index (χ0) is 26.0. The lowest BCUT2D eigenvalue weighted by atomic mass is 9.85. The molecule has 1 aliphatic heterocycles. The zero-order valence-corrected chi connectivity index (χ0v) is 20.0. The number of nitrogens with zero attached hydrogens (tertiary/aromatic N) is 2. The molecule has 0 amide bonds. The molecular weight excluding hydrogens is 477 g/mol. The van der Waals surface area contributed by atoms with Gasteiger partial charge in [-0.15, -0.1) is 0 Å². The second-order valence-corrected chi connectivity index (χ2v) is 9.45. The molecule has 0 aliphatic carbocycles. The molecule has 2 aromatic carbocycles. The number of carbonyl (C=O) groups is 1. The van der Waals surface area contributed by atoms with Gasteiger partial charge in [-0.3, -0.25) is 14.8 Å². The summed E-state index contributed by atoms with van der Waals surface area (Å²) < 4.78 is 44.9. The number of aromatic nitrogens is 2. The third-order valence-electron chi connectivity index (χ3n) is 6.46. The van der Waals surface area contributed by atoms with Crippen molar-refractivity contribution in [2.45, 2.75) is 25.4 Å². The summed E-state index contributed by atoms with van der Waals surface area (Å²) in [5, 5.41) is 0.833. The van der Waals surface area contributed by atoms with Gasteiger partial charge in [0.25, 0.3) is 0 Å². The molecule has 1 saturated heterocycles. The van der Waals surface area contributed by atoms with E-state index >= 15 is 0 Å². The number of carbonyl (C=O) groups excluding carboxylic acids is 1. The topological polar surface area (TPSA) is 52.1 Å². The quantitative estimate of drug-likeness (QED) is 0.234. The van der Waals surface area contributed by atoms with E-state index in [1.807, 2.05) is 19.1 Å². The lowest BCUT2D eigenvalue weighted by Crippen LogP contribution is -2.38. The van der Waals surface area contributed by atoms with Gasteiger partial charge < -0.3 is 4.74 Å². The Kier molecular flexibility index (Phi) is 6.53. The molecule has 0 radical (unpaired) electrons. The standard InChI is InChI=1S/C30H23F3N2O2/c1-29(18-37-19-29)13-12-21-4-2-15-35-28(21)25(20-6-9-24(10-7-20)30(31,32)33)17-27(36)23-8-11-26-22(16-23)5-3-14-34-26/h2-11,14-16,25H,17-19H2,1H3/t25-/m0/s1. The van der Waals surface area contributed by atoms with Crippen molar-refractivity contribution in [3.05, 3.63) is 107 Å². The van der Waals surface area contributed by atoms with Crippen molar-refractivity contribution in [2.75, 3.05) is 13.2 Å². The molecule has 5 rings (SSSR count). The summed E-state index contributed by atoms with van der Waals surface area (Å²) in [5.41, 5.74) is 2.01. The summed E-state index contributed by atoms with van der Waals surface area (Å²) in [5.74, 6) is 5.68. The molecule has 1 fully saturated rings. The van der Waals surface area contributed by atoms with Gasteiger partial charge in [-0.2, -0.15) is 13.2 Å². The third kappa shape index (κ3) is 5.40. The van der Waals surface area contributed by atoms with E-state index in [9.17, 15) is 18.0 Å². The molecule has 0 unspecified atom stereocenters. The van der Waals surface area contributed by atoms with Gasteiger partial charge >= 0.3 is 6.18 Å². The molecule has 7 heteroatoms. The highest BCUT2D eigenvalue weighted by molar-refractivity contribution is 6.00. The molecule has 1 aliphatic rings. The van der Waals surface area contributed by atoms with E-state index in [1.165, 1.54) is 12.1 Å². The van der Waals surface area contributed by atoms with Crippen molar-refractivity contribution in [2.24, 2.45) is 5.41 Å². The van der Waals surface area contributed by atoms with Gasteiger partial charge in [0.1, 0.15) is 0 Å². The molecule has 0 saturated carbocycles. The third-order valence-corrected chi connectivity index (χ3v) is 6.46. The van der Waals surface area contributed by atoms with Crippen LogP contribution in [-0.2, 0) is 10.9 Å². The second-order valence-electron chi connectivity index (χ2n) is 9.45. The van der Waals surface area contributed by atoms with Crippen LogP contribution in [-0.4, -0.2) is 29.0 Å². The summed E-state index contributed by atoms with van der Waals surface area (Å²) in [4.78, 5) is 22.3. The van der Waals surface area contributed by atoms with E-state index in [2.05, 4.69) is 21.8 Å². The van der Waals surface area contributed by atoms with Gasteiger partial charge in [0.2, 0.25) is 0 Å². The van der Waals surface area contributed by atoms with Gasteiger partial charge in [0.05, 0.1) is 35.4 Å². The average Bonchev–Trinajstić information content (AvgIpc) is 2.89. The van der Waals surface area contributed by atoms with Gasteiger partial charge in [-0.1, -0.05) is 30.0 Å². The molecule has 0 bridgehead atoms. The van der Waals surface area contributed by atoms with E-state index < -0.39 is 17.7 Å². The molecule has 4 aromatic rings. The van der Waals surface area contributed by atoms with Gasteiger partial charge in [0, 0.05) is 41.2 Å². The van der Waals surface area contributed by atoms with Crippen LogP contribution in [0.2, 0.25) is 0 Å². The number of Topliss-reactive ketones (excluding diaryl/α,β-unsaturated/α-hetero) is 1. The molecule has 0 N–H and O–H groups in total. The number of rotatable bonds is 5. The van der Waals surface area contributed by atoms with Crippen LogP contribution in [0.4, 0.5) is 13.2 Å². The highest BCUT2D eigenvalue weighted by Crippen LogP contribution is 2.34. The van der Waals surface area contributed by atoms with E-state index in [1.54, 1.807) is 42.7 Å². The Labute approximate surface area is 212 Å². The first kappa shape index (κ1) is 24.7. The van der Waals surface area contributed by atoms with Crippen LogP contribution in [0.1, 0.15) is 52.0 Å². The normalized spacial score (nSPS) is 15.4. The highest BCUT2D eigenvalue weighted by atomic mass is 19.4. The smallest absolute Gasteiger partial charge is 0.378 e. The van der Waals surface area contributed by atoms with Crippen LogP contribution >= 0.6 is 0 Å². The van der Waals surface area contributed by atoms with Gasteiger partial charge in [0.15, 0.2) is 5.78 Å². The van der Waals surface area contributed by atoms with Crippen LogP contribution in [0.25, 0.3) is 10.9 Å². The Balaban J connectivity index is 1.54. The summed E-state index contributed by atoms with van der Waals surface area (Å²) in [6.07, 6.45) is -1.14. The maximum absolute atomic E-state index is 13.5. The van der Waals surface area contributed by atoms with Crippen molar-refractivity contribution < 1.29 is 22.7 Å². The monoisotopic (exact) mass is 500 g/mol. The van der Waals surface area contributed by atoms with Crippen molar-refractivity contribution >= 4 is 16.7 Å². The minimum atomic E-state index is -4.45. The first-order chi connectivity index (χ1) is 17.7. The first-order valence-corrected chi connectivity index (χ1v) is 11.8. The summed E-state index contributed by atoms with van der Waals surface area (Å²) in [6.45, 7) is 3.07. The van der Waals surface area contributed by atoms with E-state index in [4.69, 9.17) is 4.74 Å². The fraction of sp³-hybridized carbons (Fsp3) is 0.233. The minimum absolute atomic E-state index is 0.0171. The molecule has 1 atom stereocenters. The predicted octanol–water partition coefficient (Wildman–Crippen LogP) is 6.44. The summed E-state index contributed by atoms with van der Waals surface area (Å²) in [7, 11) is 0. The minimum Gasteiger partial charge on any atom is -0.378 e. The lowest BCUT2D eigenvalue weighted by molar-refractivity contribution is -0.137. The van der Waals surface area contributed by atoms with Gasteiger partial charge in [-0.25, -0.2) is 0 Å². The number of alkyl halides is 3. The molecule has 37 heavy (non-hydrogen) atoms. The Morgan fingerprint density at radius 1 is 1.03 bits per heavy atom. The highest BCUT2D eigenvalue weighted by Gasteiger charge is 2.32. The fourth-order valence-corrected chi connectivity index (χ4v) is 4.33. The van der Waals surface area contributed by atoms with Crippen LogP contribution in [0.5, 0.6) is 0 Å². The second kappa shape index (κ2) is 9.79. The maximum atomic E-state index is 13.5. The van der Waals surface area contributed by atoms with Crippen LogP contribution in [0, 0.1) is 17.3 Å². The SMILES string of the molecule is CC1(C#Cc2cccnc2[C@@H](CC(=O)c2ccc3ncccc3c2)c2ccc(C(F)(F)F)cc2)COC1. The number of benzene rings is 2. The number of ether oxygens (including phenoxy) is 1. The van der Waals surface area contributed by atoms with E-state index in [0.717, 1.165) is 23.0 Å². The summed E-state index contributed by atoms with van der Waals surface area (Å²) in [6, 6.07) is 17.5. The maximum Gasteiger partial charge on any atom is 0.416 e. The largest absolute Gasteiger partial charge is 0.416 e. The van der Waals surface area contributed by atoms with Crippen molar-refractivity contribution in [3.8, 4) is 11.8 Å². The number of ketones is 1. The first-order valence-electron chi connectivity index (χ1n) is 11.8. The predicted molar refractivity (Wildman–Crippen MR) is 134 cm³/mol. The van der Waals surface area contributed by atoms with Crippen LogP contribution < -0.4 is 0 Å². The lowest BCUT2D eigenvalue weighted by Gasteiger charge is -2.32. The van der Waals surface area contributed by atoms with E-state index in [-0.39, 0.29) is 17.6 Å². The Bertz CT molecular complexity index is 1510. The van der Waals surface area contributed by atoms with E-state index in [0.29, 0.717) is 35.6 Å². The Hall–Kier alpha value is -4.02. The molecule has 2 aromatic heterocycles. The Morgan fingerprint density at radius 3 is 2.46 bits per heavy atom. The number of hydrogen-bond acceptors (Lipinski definition) is 4. The van der Waals surface area contributed by atoms with Crippen molar-refractivity contribution in [1.29, 1.82) is 0 Å². The number of halogens is 3. The number of fused-ring (bicyclic) bond motifs is 1. The molecule has 0 spiro atoms. The molecule has 186 valence electrons. The van der Waals surface area contributed by atoms with Gasteiger partial charge in [-0.05, 0) is 61.0 Å². The zero-order valence-electron chi connectivity index (χ0n) is 20.0. The Morgan fingerprint density at radius 2 is 1.76 bits per heavy atom. The summed E-state index contributed by atoms with van der Waals surface area (Å²) >= 11 is 0.